The number of ether oxygens (including phenoxy) is 1. The van der Waals surface area contributed by atoms with Gasteiger partial charge in [-0.05, 0) is 75.4 Å². The zero-order valence-electron chi connectivity index (χ0n) is 19.6. The van der Waals surface area contributed by atoms with Gasteiger partial charge in [0.05, 0.1) is 12.3 Å². The van der Waals surface area contributed by atoms with Gasteiger partial charge >= 0.3 is 0 Å². The quantitative estimate of drug-likeness (QED) is 0.417. The van der Waals surface area contributed by atoms with Gasteiger partial charge in [-0.3, -0.25) is 9.88 Å². The van der Waals surface area contributed by atoms with Gasteiger partial charge in [0, 0.05) is 35.5 Å². The van der Waals surface area contributed by atoms with Crippen LogP contribution in [0.25, 0.3) is 11.3 Å². The Hall–Kier alpha value is -2.72. The molecule has 4 rings (SSSR count). The molecule has 0 aliphatic heterocycles. The summed E-state index contributed by atoms with van der Waals surface area (Å²) in [5, 5.41) is 0. The van der Waals surface area contributed by atoms with Gasteiger partial charge in [0.25, 0.3) is 0 Å². The zero-order chi connectivity index (χ0) is 22.7. The van der Waals surface area contributed by atoms with Gasteiger partial charge in [-0.2, -0.15) is 0 Å². The lowest BCUT2D eigenvalue weighted by atomic mass is 9.87. The fourth-order valence-electron chi connectivity index (χ4n) is 4.93. The number of hydrogen-bond donors (Lipinski definition) is 0. The molecule has 0 unspecified atom stereocenters. The van der Waals surface area contributed by atoms with Crippen LogP contribution in [0.15, 0.2) is 48.5 Å². The summed E-state index contributed by atoms with van der Waals surface area (Å²) in [6.07, 6.45) is 4.35. The summed E-state index contributed by atoms with van der Waals surface area (Å²) >= 11 is 0. The molecule has 0 N–H and O–H groups in total. The maximum Gasteiger partial charge on any atom is 0.127 e. The van der Waals surface area contributed by atoms with E-state index in [1.54, 1.807) is 6.07 Å². The van der Waals surface area contributed by atoms with Crippen molar-refractivity contribution in [3.63, 3.8) is 0 Å². The van der Waals surface area contributed by atoms with Crippen LogP contribution in [0, 0.1) is 12.7 Å². The third-order valence-corrected chi connectivity index (χ3v) is 6.60. The number of pyridine rings is 1. The predicted molar refractivity (Wildman–Crippen MR) is 129 cm³/mol. The molecule has 0 radical (unpaired) electrons. The van der Waals surface area contributed by atoms with Crippen molar-refractivity contribution in [1.29, 1.82) is 0 Å². The van der Waals surface area contributed by atoms with E-state index in [2.05, 4.69) is 43.1 Å². The van der Waals surface area contributed by atoms with Crippen molar-refractivity contribution in [2.75, 3.05) is 13.7 Å². The fraction of sp³-hybridized carbons (Fsp3) is 0.393. The minimum absolute atomic E-state index is 0.241. The van der Waals surface area contributed by atoms with Gasteiger partial charge in [0.15, 0.2) is 0 Å². The molecule has 1 aromatic heterocycles. The van der Waals surface area contributed by atoms with Crippen molar-refractivity contribution in [3.8, 4) is 17.0 Å². The third-order valence-electron chi connectivity index (χ3n) is 6.60. The Morgan fingerprint density at radius 3 is 2.72 bits per heavy atom. The van der Waals surface area contributed by atoms with Gasteiger partial charge < -0.3 is 4.74 Å². The number of benzene rings is 2. The van der Waals surface area contributed by atoms with E-state index in [4.69, 9.17) is 9.72 Å². The van der Waals surface area contributed by atoms with Gasteiger partial charge in [0.2, 0.25) is 0 Å². The Bertz CT molecular complexity index is 1090. The van der Waals surface area contributed by atoms with E-state index in [1.807, 2.05) is 26.0 Å². The molecule has 168 valence electrons. The smallest absolute Gasteiger partial charge is 0.127 e. The molecule has 0 saturated carbocycles. The minimum Gasteiger partial charge on any atom is -0.493 e. The first-order chi connectivity index (χ1) is 15.5. The Labute approximate surface area is 191 Å². The number of halogens is 1. The SMILES string of the molecule is CCOc1cc(-c2cc(F)ccc2CC)nc(C)c1CN(C)[C@H]1CCCc2ccccc21. The molecule has 1 atom stereocenters. The molecule has 3 nitrogen and oxygen atoms in total. The number of rotatable bonds is 7. The topological polar surface area (TPSA) is 25.4 Å². The Balaban J connectivity index is 1.69. The van der Waals surface area contributed by atoms with Gasteiger partial charge in [-0.1, -0.05) is 37.3 Å². The largest absolute Gasteiger partial charge is 0.493 e. The number of aryl methyl sites for hydroxylation is 3. The van der Waals surface area contributed by atoms with Crippen molar-refractivity contribution < 1.29 is 9.13 Å². The monoisotopic (exact) mass is 432 g/mol. The highest BCUT2D eigenvalue weighted by molar-refractivity contribution is 5.66. The average Bonchev–Trinajstić information content (AvgIpc) is 2.80. The normalized spacial score (nSPS) is 15.6. The van der Waals surface area contributed by atoms with E-state index >= 15 is 0 Å². The summed E-state index contributed by atoms with van der Waals surface area (Å²) in [4.78, 5) is 7.33. The highest BCUT2D eigenvalue weighted by Crippen LogP contribution is 2.36. The van der Waals surface area contributed by atoms with Crippen LogP contribution in [0.5, 0.6) is 5.75 Å². The minimum atomic E-state index is -0.241. The second-order valence-electron chi connectivity index (χ2n) is 8.68. The highest BCUT2D eigenvalue weighted by Gasteiger charge is 2.25. The van der Waals surface area contributed by atoms with Crippen LogP contribution in [0.4, 0.5) is 4.39 Å². The molecule has 0 spiro atoms. The van der Waals surface area contributed by atoms with E-state index in [0.717, 1.165) is 59.6 Å². The Morgan fingerprint density at radius 2 is 1.94 bits per heavy atom. The summed E-state index contributed by atoms with van der Waals surface area (Å²) in [6.45, 7) is 7.46. The molecule has 0 bridgehead atoms. The van der Waals surface area contributed by atoms with Crippen molar-refractivity contribution in [3.05, 3.63) is 82.3 Å². The van der Waals surface area contributed by atoms with Crippen molar-refractivity contribution in [2.45, 2.75) is 59.0 Å². The van der Waals surface area contributed by atoms with Crippen LogP contribution in [-0.4, -0.2) is 23.5 Å². The lowest BCUT2D eigenvalue weighted by molar-refractivity contribution is 0.208. The van der Waals surface area contributed by atoms with E-state index in [1.165, 1.54) is 23.6 Å². The Kier molecular flexibility index (Phi) is 6.90. The van der Waals surface area contributed by atoms with Gasteiger partial charge in [0.1, 0.15) is 11.6 Å². The first-order valence-electron chi connectivity index (χ1n) is 11.7. The lowest BCUT2D eigenvalue weighted by Gasteiger charge is -2.34. The third kappa shape index (κ3) is 4.56. The van der Waals surface area contributed by atoms with Crippen molar-refractivity contribution >= 4 is 0 Å². The van der Waals surface area contributed by atoms with Crippen molar-refractivity contribution in [1.82, 2.24) is 9.88 Å². The summed E-state index contributed by atoms with van der Waals surface area (Å²) in [5.74, 6) is 0.603. The molecule has 0 saturated heterocycles. The lowest BCUT2D eigenvalue weighted by Crippen LogP contribution is -2.28. The molecule has 2 aromatic carbocycles. The summed E-state index contributed by atoms with van der Waals surface area (Å²) < 4.78 is 20.1. The predicted octanol–water partition coefficient (Wildman–Crippen LogP) is 6.67. The molecular weight excluding hydrogens is 399 g/mol. The number of aromatic nitrogens is 1. The summed E-state index contributed by atoms with van der Waals surface area (Å²) in [6, 6.07) is 16.1. The van der Waals surface area contributed by atoms with Crippen LogP contribution in [-0.2, 0) is 19.4 Å². The fourth-order valence-corrected chi connectivity index (χ4v) is 4.93. The molecule has 3 aromatic rings. The van der Waals surface area contributed by atoms with E-state index in [9.17, 15) is 4.39 Å². The Morgan fingerprint density at radius 1 is 1.12 bits per heavy atom. The zero-order valence-corrected chi connectivity index (χ0v) is 19.6. The molecule has 1 heterocycles. The van der Waals surface area contributed by atoms with E-state index in [-0.39, 0.29) is 5.82 Å². The standard InChI is InChI=1S/C28H33FN2O/c1-5-20-14-15-22(29)16-24(20)26-17-28(32-6-2)25(19(3)30-26)18-31(4)27-13-9-11-21-10-7-8-12-23(21)27/h7-8,10,12,14-17,27H,5-6,9,11,13,18H2,1-4H3/t27-/m0/s1. The molecular formula is C28H33FN2O. The number of hydrogen-bond acceptors (Lipinski definition) is 3. The first-order valence-corrected chi connectivity index (χ1v) is 11.7. The van der Waals surface area contributed by atoms with Crippen LogP contribution in [0.2, 0.25) is 0 Å². The summed E-state index contributed by atoms with van der Waals surface area (Å²) in [5.41, 5.74) is 7.65. The van der Waals surface area contributed by atoms with Crippen LogP contribution >= 0.6 is 0 Å². The van der Waals surface area contributed by atoms with Crippen molar-refractivity contribution in [2.24, 2.45) is 0 Å². The molecule has 0 fully saturated rings. The molecule has 0 amide bonds. The average molecular weight is 433 g/mol. The summed E-state index contributed by atoms with van der Waals surface area (Å²) in [7, 11) is 2.19. The van der Waals surface area contributed by atoms with Gasteiger partial charge in [-0.25, -0.2) is 4.39 Å². The van der Waals surface area contributed by atoms with E-state index < -0.39 is 0 Å². The number of fused-ring (bicyclic) bond motifs is 1. The maximum absolute atomic E-state index is 14.0. The highest BCUT2D eigenvalue weighted by atomic mass is 19.1. The van der Waals surface area contributed by atoms with Crippen LogP contribution in [0.1, 0.15) is 60.7 Å². The number of nitrogens with zero attached hydrogens (tertiary/aromatic N) is 2. The van der Waals surface area contributed by atoms with Gasteiger partial charge in [-0.15, -0.1) is 0 Å². The first kappa shape index (κ1) is 22.5. The van der Waals surface area contributed by atoms with E-state index in [0.29, 0.717) is 12.6 Å². The van der Waals surface area contributed by atoms with Crippen LogP contribution < -0.4 is 4.74 Å². The van der Waals surface area contributed by atoms with Crippen LogP contribution in [0.3, 0.4) is 0 Å². The molecule has 1 aliphatic carbocycles. The molecule has 1 aliphatic rings. The molecule has 32 heavy (non-hydrogen) atoms. The second-order valence-corrected chi connectivity index (χ2v) is 8.68. The molecule has 4 heteroatoms. The second kappa shape index (κ2) is 9.83. The maximum atomic E-state index is 14.0.